The Morgan fingerprint density at radius 2 is 2.00 bits per heavy atom. The Balaban J connectivity index is 1.60. The van der Waals surface area contributed by atoms with Crippen LogP contribution in [-0.4, -0.2) is 44.2 Å². The normalized spacial score (nSPS) is 27.0. The molecule has 176 valence electrons. The molecule has 1 spiro atoms. The first kappa shape index (κ1) is 21.9. The van der Waals surface area contributed by atoms with Gasteiger partial charge < -0.3 is 5.32 Å². The summed E-state index contributed by atoms with van der Waals surface area (Å²) in [4.78, 5) is 45.6. The number of aromatic nitrogens is 1. The van der Waals surface area contributed by atoms with Crippen molar-refractivity contribution < 1.29 is 14.5 Å². The minimum absolute atomic E-state index is 0.00806. The van der Waals surface area contributed by atoms with Crippen LogP contribution in [0.25, 0.3) is 0 Å². The predicted octanol–water partition coefficient (Wildman–Crippen LogP) is 4.12. The Kier molecular flexibility index (Phi) is 5.01. The van der Waals surface area contributed by atoms with Gasteiger partial charge in [-0.2, -0.15) is 0 Å². The molecule has 2 saturated heterocycles. The van der Waals surface area contributed by atoms with Crippen molar-refractivity contribution in [3.05, 3.63) is 99.4 Å². The van der Waals surface area contributed by atoms with E-state index in [1.165, 1.54) is 12.1 Å². The zero-order valence-electron chi connectivity index (χ0n) is 18.9. The van der Waals surface area contributed by atoms with E-state index in [0.29, 0.717) is 11.6 Å². The van der Waals surface area contributed by atoms with E-state index in [1.807, 2.05) is 25.1 Å². The number of hydrogen-bond acceptors (Lipinski definition) is 7. The minimum atomic E-state index is -1.18. The molecule has 0 saturated carbocycles. The molecule has 2 fully saturated rings. The molecule has 3 aliphatic heterocycles. The molecule has 0 radical (unpaired) electrons. The van der Waals surface area contributed by atoms with Crippen LogP contribution >= 0.6 is 11.8 Å². The Labute approximate surface area is 205 Å². The van der Waals surface area contributed by atoms with E-state index < -0.39 is 16.4 Å². The van der Waals surface area contributed by atoms with Crippen molar-refractivity contribution in [2.24, 2.45) is 5.92 Å². The van der Waals surface area contributed by atoms with Crippen LogP contribution in [0.3, 0.4) is 0 Å². The van der Waals surface area contributed by atoms with Crippen molar-refractivity contribution in [3.63, 3.8) is 0 Å². The first-order valence-corrected chi connectivity index (χ1v) is 12.5. The summed E-state index contributed by atoms with van der Waals surface area (Å²) in [6.45, 7) is 1.98. The van der Waals surface area contributed by atoms with Gasteiger partial charge in [0.25, 0.3) is 5.69 Å². The highest BCUT2D eigenvalue weighted by Crippen LogP contribution is 2.61. The lowest BCUT2D eigenvalue weighted by molar-refractivity contribution is -0.384. The van der Waals surface area contributed by atoms with Crippen molar-refractivity contribution >= 4 is 34.8 Å². The van der Waals surface area contributed by atoms with Crippen LogP contribution in [0.4, 0.5) is 11.4 Å². The number of pyridine rings is 1. The molecule has 35 heavy (non-hydrogen) atoms. The number of ketones is 1. The Morgan fingerprint density at radius 1 is 1.20 bits per heavy atom. The van der Waals surface area contributed by atoms with E-state index in [9.17, 15) is 19.7 Å². The molecular weight excluding hydrogens is 464 g/mol. The zero-order valence-corrected chi connectivity index (χ0v) is 19.7. The van der Waals surface area contributed by atoms with Crippen LogP contribution < -0.4 is 5.32 Å². The molecule has 1 amide bonds. The summed E-state index contributed by atoms with van der Waals surface area (Å²) in [5, 5.41) is 14.3. The second-order valence-electron chi connectivity index (χ2n) is 9.24. The lowest BCUT2D eigenvalue weighted by Gasteiger charge is -2.36. The largest absolute Gasteiger partial charge is 0.324 e. The summed E-state index contributed by atoms with van der Waals surface area (Å²) >= 11 is 1.73. The number of nitro groups is 1. The van der Waals surface area contributed by atoms with Gasteiger partial charge in [-0.15, -0.1) is 11.8 Å². The van der Waals surface area contributed by atoms with E-state index in [0.717, 1.165) is 28.1 Å². The molecule has 1 N–H and O–H groups in total. The molecule has 4 atom stereocenters. The Morgan fingerprint density at radius 3 is 2.71 bits per heavy atom. The molecule has 4 heterocycles. The number of nitro benzene ring substituents is 1. The summed E-state index contributed by atoms with van der Waals surface area (Å²) in [7, 11) is 0. The first-order valence-electron chi connectivity index (χ1n) is 11.4. The SMILES string of the molecule is Cc1ccc2c(c1)C1(C(=O)N2)C(C(=O)c2ccccn2)C(c2ccc([N+](=O)[O-])cc2)C2CSCN21. The van der Waals surface area contributed by atoms with Crippen molar-refractivity contribution in [1.29, 1.82) is 0 Å². The molecule has 3 aromatic rings. The van der Waals surface area contributed by atoms with Crippen LogP contribution in [0.1, 0.15) is 33.1 Å². The molecule has 2 aromatic carbocycles. The monoisotopic (exact) mass is 486 g/mol. The maximum atomic E-state index is 14.3. The highest BCUT2D eigenvalue weighted by atomic mass is 32.2. The molecule has 8 nitrogen and oxygen atoms in total. The van der Waals surface area contributed by atoms with Gasteiger partial charge in [0.05, 0.1) is 10.8 Å². The number of benzene rings is 2. The number of nitrogens with zero attached hydrogens (tertiary/aromatic N) is 3. The number of Topliss-reactive ketones (excluding diaryl/α,β-unsaturated/α-hetero) is 1. The first-order chi connectivity index (χ1) is 16.9. The van der Waals surface area contributed by atoms with Crippen LogP contribution in [-0.2, 0) is 10.3 Å². The van der Waals surface area contributed by atoms with E-state index in [-0.39, 0.29) is 29.3 Å². The lowest BCUT2D eigenvalue weighted by atomic mass is 9.70. The molecule has 6 rings (SSSR count). The quantitative estimate of drug-likeness (QED) is 0.336. The summed E-state index contributed by atoms with van der Waals surface area (Å²) in [5.74, 6) is -0.113. The average Bonchev–Trinajstić information content (AvgIpc) is 3.53. The van der Waals surface area contributed by atoms with Gasteiger partial charge in [0.1, 0.15) is 11.2 Å². The summed E-state index contributed by atoms with van der Waals surface area (Å²) < 4.78 is 0. The fourth-order valence-corrected chi connectivity index (χ4v) is 7.37. The Bertz CT molecular complexity index is 1360. The third kappa shape index (κ3) is 3.08. The summed E-state index contributed by atoms with van der Waals surface area (Å²) in [6.07, 6.45) is 1.58. The van der Waals surface area contributed by atoms with Crippen LogP contribution in [0, 0.1) is 23.0 Å². The number of thioether (sulfide) groups is 1. The van der Waals surface area contributed by atoms with Gasteiger partial charge in [0.2, 0.25) is 5.91 Å². The molecule has 1 aromatic heterocycles. The minimum Gasteiger partial charge on any atom is -0.324 e. The fourth-order valence-electron chi connectivity index (χ4n) is 6.05. The van der Waals surface area contributed by atoms with Gasteiger partial charge in [-0.1, -0.05) is 35.9 Å². The highest BCUT2D eigenvalue weighted by Gasteiger charge is 2.69. The summed E-state index contributed by atoms with van der Waals surface area (Å²) in [6, 6.07) is 17.4. The van der Waals surface area contributed by atoms with Crippen LogP contribution in [0.5, 0.6) is 0 Å². The number of anilines is 1. The topological polar surface area (TPSA) is 105 Å². The van der Waals surface area contributed by atoms with Gasteiger partial charge in [-0.3, -0.25) is 29.6 Å². The van der Waals surface area contributed by atoms with E-state index in [1.54, 1.807) is 48.3 Å². The molecular formula is C26H22N4O4S. The highest BCUT2D eigenvalue weighted by molar-refractivity contribution is 7.99. The van der Waals surface area contributed by atoms with Gasteiger partial charge in [0.15, 0.2) is 5.78 Å². The zero-order chi connectivity index (χ0) is 24.3. The van der Waals surface area contributed by atoms with E-state index >= 15 is 0 Å². The van der Waals surface area contributed by atoms with Gasteiger partial charge in [-0.05, 0) is 30.7 Å². The summed E-state index contributed by atoms with van der Waals surface area (Å²) in [5.41, 5.74) is 2.47. The number of amides is 1. The number of non-ortho nitro benzene ring substituents is 1. The molecule has 0 aliphatic carbocycles. The second-order valence-corrected chi connectivity index (χ2v) is 10.2. The van der Waals surface area contributed by atoms with Crippen molar-refractivity contribution in [3.8, 4) is 0 Å². The number of carbonyl (C=O) groups excluding carboxylic acids is 2. The van der Waals surface area contributed by atoms with Gasteiger partial charge in [0, 0.05) is 53.2 Å². The average molecular weight is 487 g/mol. The standard InChI is InChI=1S/C26H22N4O4S/c1-15-5-10-19-18(12-15)26(25(32)28-19)23(24(31)20-4-2-3-11-27-20)22(21-13-35-14-29(21)26)16-6-8-17(9-7-16)30(33)34/h2-12,21-23H,13-14H2,1H3,(H,28,32). The fraction of sp³-hybridized carbons (Fsp3) is 0.269. The number of carbonyl (C=O) groups is 2. The number of nitrogens with one attached hydrogen (secondary N) is 1. The number of fused-ring (bicyclic) bond motifs is 4. The van der Waals surface area contributed by atoms with Crippen molar-refractivity contribution in [2.45, 2.75) is 24.4 Å². The lowest BCUT2D eigenvalue weighted by Crippen LogP contribution is -2.52. The molecule has 3 aliphatic rings. The van der Waals surface area contributed by atoms with Crippen LogP contribution in [0.15, 0.2) is 66.9 Å². The smallest absolute Gasteiger partial charge is 0.269 e. The number of rotatable bonds is 4. The maximum absolute atomic E-state index is 14.3. The van der Waals surface area contributed by atoms with Gasteiger partial charge >= 0.3 is 0 Å². The maximum Gasteiger partial charge on any atom is 0.269 e. The Hall–Kier alpha value is -3.56. The van der Waals surface area contributed by atoms with Gasteiger partial charge in [-0.25, -0.2) is 0 Å². The molecule has 9 heteroatoms. The van der Waals surface area contributed by atoms with Crippen LogP contribution in [0.2, 0.25) is 0 Å². The van der Waals surface area contributed by atoms with E-state index in [4.69, 9.17) is 0 Å². The third-order valence-corrected chi connectivity index (χ3v) is 8.50. The van der Waals surface area contributed by atoms with E-state index in [2.05, 4.69) is 15.2 Å². The molecule has 4 unspecified atom stereocenters. The number of aryl methyl sites for hydroxylation is 1. The van der Waals surface area contributed by atoms with Crippen molar-refractivity contribution in [2.75, 3.05) is 16.9 Å². The molecule has 0 bridgehead atoms. The number of hydrogen-bond donors (Lipinski definition) is 1. The second kappa shape index (κ2) is 8.00. The third-order valence-electron chi connectivity index (χ3n) is 7.46. The predicted molar refractivity (Wildman–Crippen MR) is 132 cm³/mol. The van der Waals surface area contributed by atoms with Crippen molar-refractivity contribution in [1.82, 2.24) is 9.88 Å².